The Labute approximate surface area is 182 Å². The molecule has 28 heavy (non-hydrogen) atoms. The van der Waals surface area contributed by atoms with Gasteiger partial charge in [-0.3, -0.25) is 0 Å². The van der Waals surface area contributed by atoms with Gasteiger partial charge >= 0.3 is 5.97 Å². The summed E-state index contributed by atoms with van der Waals surface area (Å²) in [6.45, 7) is 0.895. The number of carboxylic acid groups (broad SMARTS) is 1. The summed E-state index contributed by atoms with van der Waals surface area (Å²) in [6.07, 6.45) is 2.06. The van der Waals surface area contributed by atoms with Gasteiger partial charge in [-0.25, -0.2) is 4.79 Å². The van der Waals surface area contributed by atoms with Crippen LogP contribution in [-0.2, 0) is 0 Å². The SMILES string of the molecule is O=C(O)c1ccc(OCCCOc2c(Cl)cc(OCC=C(Cl)Cl)cc2Cl)cc1. The molecule has 2 aromatic rings. The molecule has 1 N–H and O–H groups in total. The van der Waals surface area contributed by atoms with Crippen LogP contribution in [0.4, 0.5) is 0 Å². The first kappa shape index (κ1) is 22.5. The normalized spacial score (nSPS) is 10.3. The summed E-state index contributed by atoms with van der Waals surface area (Å²) >= 11 is 23.4. The highest BCUT2D eigenvalue weighted by molar-refractivity contribution is 6.55. The molecule has 2 aromatic carbocycles. The van der Waals surface area contributed by atoms with Crippen molar-refractivity contribution in [1.82, 2.24) is 0 Å². The first-order valence-corrected chi connectivity index (χ1v) is 9.60. The maximum atomic E-state index is 10.8. The fraction of sp³-hybridized carbons (Fsp3) is 0.211. The number of carbonyl (C=O) groups is 1. The topological polar surface area (TPSA) is 65.0 Å². The van der Waals surface area contributed by atoms with Crippen LogP contribution in [0.25, 0.3) is 0 Å². The molecule has 0 radical (unpaired) electrons. The maximum absolute atomic E-state index is 10.8. The van der Waals surface area contributed by atoms with Crippen molar-refractivity contribution < 1.29 is 24.1 Å². The number of rotatable bonds is 10. The van der Waals surface area contributed by atoms with Crippen molar-refractivity contribution in [1.29, 1.82) is 0 Å². The van der Waals surface area contributed by atoms with Gasteiger partial charge < -0.3 is 19.3 Å². The number of hydrogen-bond donors (Lipinski definition) is 1. The van der Waals surface area contributed by atoms with E-state index >= 15 is 0 Å². The number of halogens is 4. The highest BCUT2D eigenvalue weighted by atomic mass is 35.5. The van der Waals surface area contributed by atoms with Crippen molar-refractivity contribution >= 4 is 52.4 Å². The molecule has 5 nitrogen and oxygen atoms in total. The van der Waals surface area contributed by atoms with E-state index in [1.165, 1.54) is 18.2 Å². The molecule has 0 atom stereocenters. The van der Waals surface area contributed by atoms with Gasteiger partial charge in [0.05, 0.1) is 28.8 Å². The van der Waals surface area contributed by atoms with Crippen molar-refractivity contribution in [3.63, 3.8) is 0 Å². The molecular formula is C19H16Cl4O5. The molecule has 2 rings (SSSR count). The zero-order valence-corrected chi connectivity index (χ0v) is 17.5. The van der Waals surface area contributed by atoms with Crippen LogP contribution in [0, 0.1) is 0 Å². The average molecular weight is 466 g/mol. The average Bonchev–Trinajstić information content (AvgIpc) is 2.63. The van der Waals surface area contributed by atoms with E-state index in [0.29, 0.717) is 46.9 Å². The standard InChI is InChI=1S/C19H16Cl4O5/c20-15-10-14(27-9-6-17(22)23)11-16(21)18(15)28-8-1-7-26-13-4-2-12(3-5-13)19(24)25/h2-6,10-11H,1,7-9H2,(H,24,25). The summed E-state index contributed by atoms with van der Waals surface area (Å²) in [5.41, 5.74) is 0.203. The third-order valence-corrected chi connectivity index (χ3v) is 4.23. The monoisotopic (exact) mass is 464 g/mol. The van der Waals surface area contributed by atoms with Gasteiger partial charge in [-0.2, -0.15) is 0 Å². The lowest BCUT2D eigenvalue weighted by Gasteiger charge is -2.12. The second-order valence-electron chi connectivity index (χ2n) is 5.40. The van der Waals surface area contributed by atoms with E-state index < -0.39 is 5.97 Å². The van der Waals surface area contributed by atoms with E-state index in [1.807, 2.05) is 0 Å². The number of benzene rings is 2. The summed E-state index contributed by atoms with van der Waals surface area (Å²) in [6, 6.07) is 9.33. The van der Waals surface area contributed by atoms with E-state index in [2.05, 4.69) is 0 Å². The minimum Gasteiger partial charge on any atom is -0.493 e. The molecule has 9 heteroatoms. The smallest absolute Gasteiger partial charge is 0.335 e. The van der Waals surface area contributed by atoms with Crippen molar-refractivity contribution in [2.24, 2.45) is 0 Å². The van der Waals surface area contributed by atoms with Gasteiger partial charge in [-0.1, -0.05) is 46.4 Å². The van der Waals surface area contributed by atoms with Gasteiger partial charge in [0, 0.05) is 18.6 Å². The Hall–Kier alpha value is -1.79. The Bertz CT molecular complexity index is 810. The van der Waals surface area contributed by atoms with Crippen LogP contribution in [-0.4, -0.2) is 30.9 Å². The number of ether oxygens (including phenoxy) is 3. The minimum absolute atomic E-state index is 0.109. The van der Waals surface area contributed by atoms with E-state index in [1.54, 1.807) is 24.3 Å². The quantitative estimate of drug-likeness (QED) is 0.421. The summed E-state index contributed by atoms with van der Waals surface area (Å²) in [5.74, 6) is 0.409. The summed E-state index contributed by atoms with van der Waals surface area (Å²) in [7, 11) is 0. The summed E-state index contributed by atoms with van der Waals surface area (Å²) in [4.78, 5) is 10.8. The molecule has 0 aliphatic carbocycles. The zero-order valence-electron chi connectivity index (χ0n) is 14.5. The molecule has 0 amide bonds. The van der Waals surface area contributed by atoms with E-state index in [0.717, 1.165) is 0 Å². The lowest BCUT2D eigenvalue weighted by molar-refractivity contribution is 0.0697. The van der Waals surface area contributed by atoms with Crippen LogP contribution < -0.4 is 14.2 Å². The third-order valence-electron chi connectivity index (χ3n) is 3.36. The second-order valence-corrected chi connectivity index (χ2v) is 7.22. The Morgan fingerprint density at radius 3 is 2.11 bits per heavy atom. The molecule has 0 unspecified atom stereocenters. The lowest BCUT2D eigenvalue weighted by Crippen LogP contribution is -2.06. The largest absolute Gasteiger partial charge is 0.493 e. The number of carboxylic acids is 1. The Balaban J connectivity index is 1.79. The van der Waals surface area contributed by atoms with Crippen molar-refractivity contribution in [2.45, 2.75) is 6.42 Å². The molecule has 0 bridgehead atoms. The van der Waals surface area contributed by atoms with Crippen LogP contribution in [0.15, 0.2) is 47.0 Å². The van der Waals surface area contributed by atoms with Gasteiger partial charge in [0.25, 0.3) is 0 Å². The Kier molecular flexibility index (Phi) is 9.06. The summed E-state index contributed by atoms with van der Waals surface area (Å²) < 4.78 is 16.7. The Morgan fingerprint density at radius 1 is 0.929 bits per heavy atom. The van der Waals surface area contributed by atoms with Crippen molar-refractivity contribution in [2.75, 3.05) is 19.8 Å². The van der Waals surface area contributed by atoms with E-state index in [-0.39, 0.29) is 16.7 Å². The van der Waals surface area contributed by atoms with Crippen LogP contribution in [0.3, 0.4) is 0 Å². The second kappa shape index (κ2) is 11.3. The van der Waals surface area contributed by atoms with Crippen LogP contribution in [0.1, 0.15) is 16.8 Å². The molecule has 0 heterocycles. The molecule has 0 aromatic heterocycles. The van der Waals surface area contributed by atoms with Crippen molar-refractivity contribution in [3.05, 3.63) is 62.6 Å². The maximum Gasteiger partial charge on any atom is 0.335 e. The molecule has 0 fully saturated rings. The third kappa shape index (κ3) is 7.32. The number of hydrogen-bond acceptors (Lipinski definition) is 4. The molecule has 0 spiro atoms. The fourth-order valence-electron chi connectivity index (χ4n) is 2.08. The van der Waals surface area contributed by atoms with E-state index in [4.69, 9.17) is 65.7 Å². The predicted octanol–water partition coefficient (Wildman–Crippen LogP) is 6.24. The molecule has 150 valence electrons. The molecule has 0 aliphatic heterocycles. The van der Waals surface area contributed by atoms with Gasteiger partial charge in [-0.15, -0.1) is 0 Å². The highest BCUT2D eigenvalue weighted by Crippen LogP contribution is 2.37. The minimum atomic E-state index is -0.982. The van der Waals surface area contributed by atoms with Gasteiger partial charge in [0.1, 0.15) is 22.6 Å². The predicted molar refractivity (Wildman–Crippen MR) is 111 cm³/mol. The molecule has 0 saturated carbocycles. The fourth-order valence-corrected chi connectivity index (χ4v) is 2.78. The van der Waals surface area contributed by atoms with Crippen molar-refractivity contribution in [3.8, 4) is 17.2 Å². The van der Waals surface area contributed by atoms with Crippen LogP contribution >= 0.6 is 46.4 Å². The summed E-state index contributed by atoms with van der Waals surface area (Å²) in [5, 5.41) is 9.48. The van der Waals surface area contributed by atoms with Crippen LogP contribution in [0.5, 0.6) is 17.2 Å². The number of aromatic carboxylic acids is 1. The van der Waals surface area contributed by atoms with Gasteiger partial charge in [0.15, 0.2) is 5.75 Å². The van der Waals surface area contributed by atoms with E-state index in [9.17, 15) is 4.79 Å². The van der Waals surface area contributed by atoms with Gasteiger partial charge in [-0.05, 0) is 30.3 Å². The van der Waals surface area contributed by atoms with Gasteiger partial charge in [0.2, 0.25) is 0 Å². The first-order chi connectivity index (χ1) is 13.4. The Morgan fingerprint density at radius 2 is 1.54 bits per heavy atom. The lowest BCUT2D eigenvalue weighted by atomic mass is 10.2. The van der Waals surface area contributed by atoms with Crippen LogP contribution in [0.2, 0.25) is 10.0 Å². The molecular weight excluding hydrogens is 450 g/mol. The zero-order chi connectivity index (χ0) is 20.5. The molecule has 0 aliphatic rings. The highest BCUT2D eigenvalue weighted by Gasteiger charge is 2.11. The first-order valence-electron chi connectivity index (χ1n) is 8.09. The molecule has 0 saturated heterocycles.